The molecule has 0 bridgehead atoms. The van der Waals surface area contributed by atoms with E-state index >= 15 is 0 Å². The number of aryl methyl sites for hydroxylation is 2. The molecule has 1 saturated heterocycles. The van der Waals surface area contributed by atoms with Gasteiger partial charge in [0, 0.05) is 26.2 Å². The van der Waals surface area contributed by atoms with Gasteiger partial charge in [0.15, 0.2) is 0 Å². The first-order chi connectivity index (χ1) is 12.2. The van der Waals surface area contributed by atoms with Gasteiger partial charge in [-0.25, -0.2) is 0 Å². The Morgan fingerprint density at radius 2 is 1.88 bits per heavy atom. The highest BCUT2D eigenvalue weighted by molar-refractivity contribution is 5.27. The average Bonchev–Trinajstić information content (AvgIpc) is 3.06. The lowest BCUT2D eigenvalue weighted by Crippen LogP contribution is -2.35. The van der Waals surface area contributed by atoms with Crippen molar-refractivity contribution in [2.24, 2.45) is 13.0 Å². The van der Waals surface area contributed by atoms with Crippen LogP contribution in [0.3, 0.4) is 0 Å². The van der Waals surface area contributed by atoms with Gasteiger partial charge in [-0.1, -0.05) is 17.3 Å². The number of aromatic nitrogens is 3. The van der Waals surface area contributed by atoms with Gasteiger partial charge < -0.3 is 9.64 Å². The molecule has 1 aromatic heterocycles. The van der Waals surface area contributed by atoms with Crippen molar-refractivity contribution >= 4 is 0 Å². The van der Waals surface area contributed by atoms with Crippen molar-refractivity contribution in [3.63, 3.8) is 0 Å². The molecule has 1 aliphatic rings. The van der Waals surface area contributed by atoms with Gasteiger partial charge in [0.05, 0.1) is 12.3 Å². The van der Waals surface area contributed by atoms with Crippen molar-refractivity contribution in [3.05, 3.63) is 41.7 Å². The molecular formula is C20H30N4O. The molecule has 1 fully saturated rings. The Hall–Kier alpha value is -1.88. The number of nitrogens with zero attached hydrogens (tertiary/aromatic N) is 4. The summed E-state index contributed by atoms with van der Waals surface area (Å²) >= 11 is 0. The summed E-state index contributed by atoms with van der Waals surface area (Å²) in [6.45, 7) is 6.29. The van der Waals surface area contributed by atoms with Gasteiger partial charge in [-0.2, -0.15) is 0 Å². The molecule has 25 heavy (non-hydrogen) atoms. The summed E-state index contributed by atoms with van der Waals surface area (Å²) in [7, 11) is 1.92. The number of hydrogen-bond acceptors (Lipinski definition) is 4. The van der Waals surface area contributed by atoms with Crippen molar-refractivity contribution in [3.8, 4) is 5.75 Å². The minimum atomic E-state index is 0.731. The summed E-state index contributed by atoms with van der Waals surface area (Å²) in [6, 6.07) is 8.60. The predicted molar refractivity (Wildman–Crippen MR) is 99.8 cm³/mol. The summed E-state index contributed by atoms with van der Waals surface area (Å²) in [5.74, 6) is 1.84. The van der Waals surface area contributed by atoms with E-state index in [1.165, 1.54) is 44.3 Å². The van der Waals surface area contributed by atoms with Crippen molar-refractivity contribution in [1.82, 2.24) is 19.9 Å². The Kier molecular flexibility index (Phi) is 6.45. The molecule has 0 unspecified atom stereocenters. The summed E-state index contributed by atoms with van der Waals surface area (Å²) < 4.78 is 7.29. The van der Waals surface area contributed by atoms with Gasteiger partial charge in [-0.05, 0) is 69.3 Å². The smallest absolute Gasteiger partial charge is 0.119 e. The summed E-state index contributed by atoms with van der Waals surface area (Å²) in [6.07, 6.45) is 8.13. The van der Waals surface area contributed by atoms with Crippen LogP contribution in [0.5, 0.6) is 5.75 Å². The van der Waals surface area contributed by atoms with Crippen molar-refractivity contribution in [1.29, 1.82) is 0 Å². The third-order valence-electron chi connectivity index (χ3n) is 5.12. The minimum absolute atomic E-state index is 0.731. The highest BCUT2D eigenvalue weighted by atomic mass is 16.5. The first kappa shape index (κ1) is 17.9. The summed E-state index contributed by atoms with van der Waals surface area (Å²) in [5.41, 5.74) is 2.52. The number of piperidine rings is 1. The van der Waals surface area contributed by atoms with Crippen LogP contribution in [0.25, 0.3) is 0 Å². The molecule has 0 spiro atoms. The molecule has 2 heterocycles. The van der Waals surface area contributed by atoms with Crippen LogP contribution in [-0.4, -0.2) is 46.1 Å². The van der Waals surface area contributed by atoms with E-state index in [-0.39, 0.29) is 0 Å². The molecule has 0 N–H and O–H groups in total. The average molecular weight is 342 g/mol. The first-order valence-electron chi connectivity index (χ1n) is 9.52. The maximum absolute atomic E-state index is 5.51. The maximum Gasteiger partial charge on any atom is 0.119 e. The van der Waals surface area contributed by atoms with E-state index in [0.29, 0.717) is 0 Å². The molecule has 1 aliphatic heterocycles. The van der Waals surface area contributed by atoms with Crippen molar-refractivity contribution < 1.29 is 4.74 Å². The second kappa shape index (κ2) is 8.99. The lowest BCUT2D eigenvalue weighted by atomic mass is 9.90. The van der Waals surface area contributed by atoms with Crippen molar-refractivity contribution in [2.75, 3.05) is 26.2 Å². The van der Waals surface area contributed by atoms with E-state index in [9.17, 15) is 0 Å². The molecule has 5 heteroatoms. The molecule has 136 valence electrons. The van der Waals surface area contributed by atoms with Gasteiger partial charge in [0.25, 0.3) is 0 Å². The van der Waals surface area contributed by atoms with Crippen LogP contribution in [0.15, 0.2) is 30.5 Å². The summed E-state index contributed by atoms with van der Waals surface area (Å²) in [4.78, 5) is 2.57. The fourth-order valence-electron chi connectivity index (χ4n) is 3.57. The Balaban J connectivity index is 1.34. The van der Waals surface area contributed by atoms with Crippen LogP contribution in [-0.2, 0) is 19.9 Å². The molecule has 0 amide bonds. The van der Waals surface area contributed by atoms with Crippen LogP contribution < -0.4 is 4.74 Å². The second-order valence-corrected chi connectivity index (χ2v) is 7.03. The fraction of sp³-hybridized carbons (Fsp3) is 0.600. The number of likely N-dealkylation sites (tertiary alicyclic amines) is 1. The SMILES string of the molecule is CCOc1ccc(CCC2CCN(CCc3cn(C)nn3)CC2)cc1. The third-order valence-corrected chi connectivity index (χ3v) is 5.12. The molecule has 3 rings (SSSR count). The lowest BCUT2D eigenvalue weighted by Gasteiger charge is -2.31. The zero-order valence-corrected chi connectivity index (χ0v) is 15.5. The maximum atomic E-state index is 5.51. The highest BCUT2D eigenvalue weighted by Crippen LogP contribution is 2.23. The third kappa shape index (κ3) is 5.56. The minimum Gasteiger partial charge on any atom is -0.494 e. The fourth-order valence-corrected chi connectivity index (χ4v) is 3.57. The standard InChI is InChI=1S/C20H30N4O/c1-3-25-20-8-6-17(7-9-20)4-5-18-10-13-24(14-11-18)15-12-19-16-23(2)22-21-19/h6-9,16,18H,3-5,10-15H2,1-2H3. The van der Waals surface area contributed by atoms with Crippen LogP contribution in [0.4, 0.5) is 0 Å². The molecule has 2 aromatic rings. The van der Waals surface area contributed by atoms with Crippen LogP contribution in [0.1, 0.15) is 37.4 Å². The van der Waals surface area contributed by atoms with Crippen LogP contribution >= 0.6 is 0 Å². The zero-order valence-electron chi connectivity index (χ0n) is 15.5. The monoisotopic (exact) mass is 342 g/mol. The molecule has 0 saturated carbocycles. The zero-order chi connectivity index (χ0) is 17.5. The van der Waals surface area contributed by atoms with E-state index in [2.05, 4.69) is 39.5 Å². The molecule has 0 atom stereocenters. The van der Waals surface area contributed by atoms with Gasteiger partial charge in [-0.15, -0.1) is 5.10 Å². The topological polar surface area (TPSA) is 43.2 Å². The Morgan fingerprint density at radius 3 is 2.52 bits per heavy atom. The second-order valence-electron chi connectivity index (χ2n) is 7.03. The molecule has 0 radical (unpaired) electrons. The lowest BCUT2D eigenvalue weighted by molar-refractivity contribution is 0.180. The molecule has 1 aromatic carbocycles. The van der Waals surface area contributed by atoms with E-state index < -0.39 is 0 Å². The van der Waals surface area contributed by atoms with Gasteiger partial charge in [0.1, 0.15) is 5.75 Å². The van der Waals surface area contributed by atoms with Crippen LogP contribution in [0.2, 0.25) is 0 Å². The molecular weight excluding hydrogens is 312 g/mol. The Bertz CT molecular complexity index is 629. The number of ether oxygens (including phenoxy) is 1. The van der Waals surface area contributed by atoms with Gasteiger partial charge in [0.2, 0.25) is 0 Å². The van der Waals surface area contributed by atoms with E-state index in [1.54, 1.807) is 4.68 Å². The Morgan fingerprint density at radius 1 is 1.12 bits per heavy atom. The largest absolute Gasteiger partial charge is 0.494 e. The molecule has 5 nitrogen and oxygen atoms in total. The van der Waals surface area contributed by atoms with E-state index in [1.807, 2.05) is 20.2 Å². The van der Waals surface area contributed by atoms with Crippen molar-refractivity contribution in [2.45, 2.75) is 39.0 Å². The first-order valence-corrected chi connectivity index (χ1v) is 9.52. The molecule has 0 aliphatic carbocycles. The van der Waals surface area contributed by atoms with E-state index in [4.69, 9.17) is 4.74 Å². The number of hydrogen-bond donors (Lipinski definition) is 0. The van der Waals surface area contributed by atoms with Gasteiger partial charge >= 0.3 is 0 Å². The normalized spacial score (nSPS) is 16.2. The predicted octanol–water partition coefficient (Wildman–Crippen LogP) is 3.10. The summed E-state index contributed by atoms with van der Waals surface area (Å²) in [5, 5.41) is 8.17. The quantitative estimate of drug-likeness (QED) is 0.739. The van der Waals surface area contributed by atoms with Crippen LogP contribution in [0, 0.1) is 5.92 Å². The van der Waals surface area contributed by atoms with Gasteiger partial charge in [-0.3, -0.25) is 4.68 Å². The van der Waals surface area contributed by atoms with E-state index in [0.717, 1.165) is 36.9 Å². The number of benzene rings is 1. The highest BCUT2D eigenvalue weighted by Gasteiger charge is 2.19. The Labute approximate surface area is 151 Å². The number of rotatable bonds is 8.